The number of thiazole rings is 1. The fourth-order valence-electron chi connectivity index (χ4n) is 2.80. The van der Waals surface area contributed by atoms with Crippen molar-refractivity contribution in [3.05, 3.63) is 46.4 Å². The second-order valence-corrected chi connectivity index (χ2v) is 6.51. The van der Waals surface area contributed by atoms with Crippen molar-refractivity contribution in [2.24, 2.45) is 4.99 Å². The Balaban J connectivity index is 0.00000208. The van der Waals surface area contributed by atoms with Crippen LogP contribution in [0.5, 0.6) is 0 Å². The number of hydrogen-bond donors (Lipinski definition) is 1. The number of rotatable bonds is 3. The van der Waals surface area contributed by atoms with E-state index in [0.29, 0.717) is 0 Å². The molecule has 2 heterocycles. The molecule has 1 aromatic heterocycles. The van der Waals surface area contributed by atoms with E-state index in [1.54, 1.807) is 11.3 Å². The van der Waals surface area contributed by atoms with Crippen molar-refractivity contribution in [2.45, 2.75) is 13.5 Å². The van der Waals surface area contributed by atoms with Gasteiger partial charge < -0.3 is 15.1 Å². The minimum absolute atomic E-state index is 0. The SMILES string of the molecule is CN=C(NCc1scnc1C)N1CCN(c2ccccc2)CC1.I. The summed E-state index contributed by atoms with van der Waals surface area (Å²) >= 11 is 1.69. The molecular weight excluding hydrogens is 433 g/mol. The number of anilines is 1. The molecule has 0 saturated carbocycles. The highest BCUT2D eigenvalue weighted by Crippen LogP contribution is 2.16. The number of benzene rings is 1. The zero-order chi connectivity index (χ0) is 16.1. The molecule has 1 N–H and O–H groups in total. The number of aryl methyl sites for hydroxylation is 1. The molecule has 0 amide bonds. The van der Waals surface area contributed by atoms with Crippen molar-refractivity contribution in [1.82, 2.24) is 15.2 Å². The molecule has 0 unspecified atom stereocenters. The van der Waals surface area contributed by atoms with Crippen LogP contribution < -0.4 is 10.2 Å². The number of piperazine rings is 1. The van der Waals surface area contributed by atoms with Crippen molar-refractivity contribution in [1.29, 1.82) is 0 Å². The first-order valence-corrected chi connectivity index (χ1v) is 8.80. The maximum Gasteiger partial charge on any atom is 0.194 e. The van der Waals surface area contributed by atoms with Gasteiger partial charge in [-0.05, 0) is 19.1 Å². The molecule has 1 saturated heterocycles. The minimum Gasteiger partial charge on any atom is -0.368 e. The summed E-state index contributed by atoms with van der Waals surface area (Å²) in [5.74, 6) is 0.977. The van der Waals surface area contributed by atoms with Gasteiger partial charge in [-0.1, -0.05) is 18.2 Å². The molecule has 1 aromatic carbocycles. The Morgan fingerprint density at radius 3 is 2.50 bits per heavy atom. The summed E-state index contributed by atoms with van der Waals surface area (Å²) in [4.78, 5) is 14.8. The lowest BCUT2D eigenvalue weighted by Crippen LogP contribution is -2.52. The van der Waals surface area contributed by atoms with Gasteiger partial charge in [-0.3, -0.25) is 4.99 Å². The van der Waals surface area contributed by atoms with Crippen molar-refractivity contribution >= 4 is 47.0 Å². The molecule has 0 radical (unpaired) electrons. The second kappa shape index (κ2) is 9.22. The van der Waals surface area contributed by atoms with Crippen LogP contribution in [-0.4, -0.2) is 49.1 Å². The molecule has 7 heteroatoms. The second-order valence-electron chi connectivity index (χ2n) is 5.57. The van der Waals surface area contributed by atoms with Crippen LogP contribution in [0, 0.1) is 6.92 Å². The number of halogens is 1. The van der Waals surface area contributed by atoms with Gasteiger partial charge in [0.2, 0.25) is 0 Å². The van der Waals surface area contributed by atoms with Gasteiger partial charge in [0.1, 0.15) is 0 Å². The number of aromatic nitrogens is 1. The van der Waals surface area contributed by atoms with Gasteiger partial charge >= 0.3 is 0 Å². The third-order valence-corrected chi connectivity index (χ3v) is 5.10. The third kappa shape index (κ3) is 4.60. The lowest BCUT2D eigenvalue weighted by atomic mass is 10.2. The number of aliphatic imine (C=N–C) groups is 1. The monoisotopic (exact) mass is 457 g/mol. The molecule has 0 spiro atoms. The Hall–Kier alpha value is -1.35. The lowest BCUT2D eigenvalue weighted by molar-refractivity contribution is 0.372. The highest BCUT2D eigenvalue weighted by Gasteiger charge is 2.19. The smallest absolute Gasteiger partial charge is 0.194 e. The molecule has 0 bridgehead atoms. The summed E-state index contributed by atoms with van der Waals surface area (Å²) in [7, 11) is 1.85. The Morgan fingerprint density at radius 2 is 1.92 bits per heavy atom. The molecule has 3 rings (SSSR count). The van der Waals surface area contributed by atoms with E-state index < -0.39 is 0 Å². The van der Waals surface area contributed by atoms with Crippen LogP contribution in [-0.2, 0) is 6.54 Å². The zero-order valence-electron chi connectivity index (χ0n) is 14.1. The van der Waals surface area contributed by atoms with Crippen LogP contribution in [0.25, 0.3) is 0 Å². The first-order valence-electron chi connectivity index (χ1n) is 7.92. The highest BCUT2D eigenvalue weighted by atomic mass is 127. The number of nitrogens with zero attached hydrogens (tertiary/aromatic N) is 4. The summed E-state index contributed by atoms with van der Waals surface area (Å²) in [6.45, 7) is 6.85. The predicted molar refractivity (Wildman–Crippen MR) is 113 cm³/mol. The molecule has 130 valence electrons. The molecule has 1 aliphatic rings. The average Bonchev–Trinajstić information content (AvgIpc) is 3.02. The minimum atomic E-state index is 0. The topological polar surface area (TPSA) is 43.8 Å². The number of para-hydroxylation sites is 1. The summed E-state index contributed by atoms with van der Waals surface area (Å²) < 4.78 is 0. The van der Waals surface area contributed by atoms with E-state index in [0.717, 1.165) is 44.4 Å². The fourth-order valence-corrected chi connectivity index (χ4v) is 3.52. The predicted octanol–water partition coefficient (Wildman–Crippen LogP) is 2.97. The van der Waals surface area contributed by atoms with Gasteiger partial charge in [-0.15, -0.1) is 35.3 Å². The van der Waals surface area contributed by atoms with Gasteiger partial charge in [-0.25, -0.2) is 4.98 Å². The number of guanidine groups is 1. The van der Waals surface area contributed by atoms with Crippen molar-refractivity contribution in [3.63, 3.8) is 0 Å². The van der Waals surface area contributed by atoms with E-state index in [9.17, 15) is 0 Å². The van der Waals surface area contributed by atoms with Crippen molar-refractivity contribution in [3.8, 4) is 0 Å². The lowest BCUT2D eigenvalue weighted by Gasteiger charge is -2.37. The Morgan fingerprint density at radius 1 is 1.21 bits per heavy atom. The standard InChI is InChI=1S/C17H23N5S.HI/c1-14-16(23-13-20-14)12-19-17(18-2)22-10-8-21(9-11-22)15-6-4-3-5-7-15;/h3-7,13H,8-12H2,1-2H3,(H,18,19);1H. The van der Waals surface area contributed by atoms with E-state index in [2.05, 4.69) is 62.3 Å². The molecule has 24 heavy (non-hydrogen) atoms. The third-order valence-electron chi connectivity index (χ3n) is 4.16. The van der Waals surface area contributed by atoms with Crippen molar-refractivity contribution < 1.29 is 0 Å². The quantitative estimate of drug-likeness (QED) is 0.438. The average molecular weight is 457 g/mol. The summed E-state index contributed by atoms with van der Waals surface area (Å²) in [5.41, 5.74) is 4.30. The van der Waals surface area contributed by atoms with Gasteiger partial charge in [-0.2, -0.15) is 0 Å². The van der Waals surface area contributed by atoms with Gasteiger partial charge in [0.25, 0.3) is 0 Å². The molecular formula is C17H24IN5S. The Labute approximate surface area is 164 Å². The number of nitrogens with one attached hydrogen (secondary N) is 1. The highest BCUT2D eigenvalue weighted by molar-refractivity contribution is 14.0. The number of hydrogen-bond acceptors (Lipinski definition) is 4. The van der Waals surface area contributed by atoms with E-state index >= 15 is 0 Å². The zero-order valence-corrected chi connectivity index (χ0v) is 17.3. The van der Waals surface area contributed by atoms with Gasteiger partial charge in [0, 0.05) is 43.8 Å². The molecule has 0 aliphatic carbocycles. The molecule has 1 aliphatic heterocycles. The Kier molecular flexibility index (Phi) is 7.29. The van der Waals surface area contributed by atoms with Crippen LogP contribution in [0.2, 0.25) is 0 Å². The van der Waals surface area contributed by atoms with Gasteiger partial charge in [0.15, 0.2) is 5.96 Å². The van der Waals surface area contributed by atoms with Crippen LogP contribution in [0.3, 0.4) is 0 Å². The van der Waals surface area contributed by atoms with E-state index in [1.165, 1.54) is 10.6 Å². The van der Waals surface area contributed by atoms with Crippen molar-refractivity contribution in [2.75, 3.05) is 38.1 Å². The van der Waals surface area contributed by atoms with Gasteiger partial charge in [0.05, 0.1) is 17.7 Å². The van der Waals surface area contributed by atoms with E-state index in [-0.39, 0.29) is 24.0 Å². The summed E-state index contributed by atoms with van der Waals surface area (Å²) in [5, 5.41) is 3.46. The molecule has 1 fully saturated rings. The summed E-state index contributed by atoms with van der Waals surface area (Å²) in [6.07, 6.45) is 0. The largest absolute Gasteiger partial charge is 0.368 e. The Bertz CT molecular complexity index is 650. The maximum absolute atomic E-state index is 4.44. The van der Waals surface area contributed by atoms with E-state index in [4.69, 9.17) is 0 Å². The van der Waals surface area contributed by atoms with Crippen LogP contribution in [0.15, 0.2) is 40.8 Å². The molecule has 5 nitrogen and oxygen atoms in total. The first kappa shape index (κ1) is 19.0. The summed E-state index contributed by atoms with van der Waals surface area (Å²) in [6, 6.07) is 10.6. The maximum atomic E-state index is 4.44. The van der Waals surface area contributed by atoms with Crippen LogP contribution in [0.1, 0.15) is 10.6 Å². The fraction of sp³-hybridized carbons (Fsp3) is 0.412. The molecule has 0 atom stereocenters. The molecule has 2 aromatic rings. The van der Waals surface area contributed by atoms with E-state index in [1.807, 2.05) is 12.6 Å². The van der Waals surface area contributed by atoms with Crippen LogP contribution >= 0.6 is 35.3 Å². The normalized spacial score (nSPS) is 15.2. The first-order chi connectivity index (χ1) is 11.3. The van der Waals surface area contributed by atoms with Crippen LogP contribution in [0.4, 0.5) is 5.69 Å².